The number of hydrogen-bond donors (Lipinski definition) is 1. The Morgan fingerprint density at radius 1 is 1.33 bits per heavy atom. The van der Waals surface area contributed by atoms with E-state index in [1.807, 2.05) is 0 Å². The fourth-order valence-corrected chi connectivity index (χ4v) is 1.33. The van der Waals surface area contributed by atoms with Crippen molar-refractivity contribution < 1.29 is 9.47 Å². The molecular formula is C11H26N2O2. The molecule has 0 rings (SSSR count). The smallest absolute Gasteiger partial charge is 0.0626 e. The zero-order valence-corrected chi connectivity index (χ0v) is 10.4. The number of likely N-dealkylation sites (N-methyl/N-ethyl adjacent to an activating group) is 1. The fraction of sp³-hybridized carbons (Fsp3) is 1.00. The van der Waals surface area contributed by atoms with E-state index < -0.39 is 0 Å². The molecule has 4 heteroatoms. The molecule has 0 fully saturated rings. The molecule has 92 valence electrons. The van der Waals surface area contributed by atoms with Gasteiger partial charge < -0.3 is 20.1 Å². The Balaban J connectivity index is 3.28. The lowest BCUT2D eigenvalue weighted by molar-refractivity contribution is 0.101. The molecule has 0 radical (unpaired) electrons. The third-order valence-electron chi connectivity index (χ3n) is 2.19. The van der Waals surface area contributed by atoms with E-state index in [0.29, 0.717) is 6.61 Å². The van der Waals surface area contributed by atoms with Crippen molar-refractivity contribution in [2.45, 2.75) is 25.8 Å². The van der Waals surface area contributed by atoms with Crippen molar-refractivity contribution in [3.8, 4) is 0 Å². The van der Waals surface area contributed by atoms with Crippen LogP contribution in [-0.4, -0.2) is 58.0 Å². The standard InChI is InChI=1S/C11H26N2O2/c1-4-5-7-15-8-6-13(2)9-11(12)10-14-3/h11H,4-10,12H2,1-3H3. The van der Waals surface area contributed by atoms with Crippen LogP contribution in [-0.2, 0) is 9.47 Å². The van der Waals surface area contributed by atoms with Crippen LogP contribution in [0.2, 0.25) is 0 Å². The van der Waals surface area contributed by atoms with Gasteiger partial charge in [0.1, 0.15) is 0 Å². The summed E-state index contributed by atoms with van der Waals surface area (Å²) in [4.78, 5) is 2.18. The van der Waals surface area contributed by atoms with Crippen molar-refractivity contribution in [2.24, 2.45) is 5.73 Å². The maximum atomic E-state index is 5.83. The molecule has 0 heterocycles. The molecule has 0 amide bonds. The zero-order chi connectivity index (χ0) is 11.5. The minimum atomic E-state index is 0.0932. The summed E-state index contributed by atoms with van der Waals surface area (Å²) in [5.74, 6) is 0. The van der Waals surface area contributed by atoms with Gasteiger partial charge in [-0.1, -0.05) is 13.3 Å². The third-order valence-corrected chi connectivity index (χ3v) is 2.19. The Labute approximate surface area is 93.7 Å². The van der Waals surface area contributed by atoms with Gasteiger partial charge in [0.15, 0.2) is 0 Å². The largest absolute Gasteiger partial charge is 0.383 e. The van der Waals surface area contributed by atoms with Crippen molar-refractivity contribution in [1.82, 2.24) is 4.90 Å². The van der Waals surface area contributed by atoms with Crippen LogP contribution in [0.4, 0.5) is 0 Å². The molecule has 1 unspecified atom stereocenters. The Bertz CT molecular complexity index is 134. The average molecular weight is 218 g/mol. The molecule has 0 aromatic carbocycles. The number of ether oxygens (including phenoxy) is 2. The lowest BCUT2D eigenvalue weighted by atomic mass is 10.3. The monoisotopic (exact) mass is 218 g/mol. The fourth-order valence-electron chi connectivity index (χ4n) is 1.33. The summed E-state index contributed by atoms with van der Waals surface area (Å²) < 4.78 is 10.5. The summed E-state index contributed by atoms with van der Waals surface area (Å²) in [5.41, 5.74) is 5.83. The van der Waals surface area contributed by atoms with Crippen molar-refractivity contribution >= 4 is 0 Å². The highest BCUT2D eigenvalue weighted by atomic mass is 16.5. The molecule has 1 atom stereocenters. The summed E-state index contributed by atoms with van der Waals surface area (Å²) in [6, 6.07) is 0.0932. The topological polar surface area (TPSA) is 47.7 Å². The van der Waals surface area contributed by atoms with Crippen molar-refractivity contribution in [2.75, 3.05) is 47.1 Å². The van der Waals surface area contributed by atoms with Gasteiger partial charge in [-0.25, -0.2) is 0 Å². The number of rotatable bonds is 10. The summed E-state index contributed by atoms with van der Waals surface area (Å²) in [6.45, 7) is 6.22. The van der Waals surface area contributed by atoms with E-state index in [1.165, 1.54) is 6.42 Å². The van der Waals surface area contributed by atoms with Crippen LogP contribution in [0, 0.1) is 0 Å². The first-order chi connectivity index (χ1) is 7.20. The number of hydrogen-bond acceptors (Lipinski definition) is 4. The summed E-state index contributed by atoms with van der Waals surface area (Å²) >= 11 is 0. The summed E-state index contributed by atoms with van der Waals surface area (Å²) in [7, 11) is 3.73. The molecule has 2 N–H and O–H groups in total. The number of unbranched alkanes of at least 4 members (excludes halogenated alkanes) is 1. The molecule has 0 aliphatic carbocycles. The highest BCUT2D eigenvalue weighted by Gasteiger charge is 2.05. The van der Waals surface area contributed by atoms with E-state index >= 15 is 0 Å². The second-order valence-corrected chi connectivity index (χ2v) is 3.94. The third kappa shape index (κ3) is 10.1. The maximum absolute atomic E-state index is 5.83. The van der Waals surface area contributed by atoms with Crippen LogP contribution < -0.4 is 5.73 Å². The molecule has 4 nitrogen and oxygen atoms in total. The Morgan fingerprint density at radius 2 is 2.07 bits per heavy atom. The number of nitrogens with two attached hydrogens (primary N) is 1. The molecule has 0 aliphatic heterocycles. The van der Waals surface area contributed by atoms with Gasteiger partial charge >= 0.3 is 0 Å². The Kier molecular flexibility index (Phi) is 10.3. The molecule has 15 heavy (non-hydrogen) atoms. The highest BCUT2D eigenvalue weighted by molar-refractivity contribution is 4.64. The number of nitrogens with zero attached hydrogens (tertiary/aromatic N) is 1. The Hall–Kier alpha value is -0.160. The second-order valence-electron chi connectivity index (χ2n) is 3.94. The first-order valence-electron chi connectivity index (χ1n) is 5.71. The van der Waals surface area contributed by atoms with Gasteiger partial charge in [0, 0.05) is 32.8 Å². The van der Waals surface area contributed by atoms with Gasteiger partial charge in [0.05, 0.1) is 13.2 Å². The minimum Gasteiger partial charge on any atom is -0.383 e. The first kappa shape index (κ1) is 14.8. The van der Waals surface area contributed by atoms with Crippen molar-refractivity contribution in [1.29, 1.82) is 0 Å². The molecule has 0 aromatic rings. The van der Waals surface area contributed by atoms with Gasteiger partial charge in [-0.2, -0.15) is 0 Å². The normalized spacial score (nSPS) is 13.4. The maximum Gasteiger partial charge on any atom is 0.0626 e. The quantitative estimate of drug-likeness (QED) is 0.549. The van der Waals surface area contributed by atoms with Crippen molar-refractivity contribution in [3.63, 3.8) is 0 Å². The van der Waals surface area contributed by atoms with E-state index in [2.05, 4.69) is 18.9 Å². The first-order valence-corrected chi connectivity index (χ1v) is 5.71. The van der Waals surface area contributed by atoms with Gasteiger partial charge in [-0.05, 0) is 13.5 Å². The molecule has 0 aromatic heterocycles. The average Bonchev–Trinajstić information content (AvgIpc) is 2.17. The lowest BCUT2D eigenvalue weighted by Crippen LogP contribution is -2.39. The molecular weight excluding hydrogens is 192 g/mol. The highest BCUT2D eigenvalue weighted by Crippen LogP contribution is 1.91. The summed E-state index contributed by atoms with van der Waals surface area (Å²) in [5, 5.41) is 0. The minimum absolute atomic E-state index is 0.0932. The van der Waals surface area contributed by atoms with Crippen LogP contribution in [0.1, 0.15) is 19.8 Å². The van der Waals surface area contributed by atoms with E-state index in [1.54, 1.807) is 7.11 Å². The van der Waals surface area contributed by atoms with E-state index in [4.69, 9.17) is 15.2 Å². The van der Waals surface area contributed by atoms with Gasteiger partial charge in [0.2, 0.25) is 0 Å². The van der Waals surface area contributed by atoms with E-state index in [0.717, 1.165) is 32.7 Å². The number of methoxy groups -OCH3 is 1. The second kappa shape index (κ2) is 10.4. The Morgan fingerprint density at radius 3 is 2.67 bits per heavy atom. The summed E-state index contributed by atoms with van der Waals surface area (Å²) in [6.07, 6.45) is 2.33. The SMILES string of the molecule is CCCCOCCN(C)CC(N)COC. The predicted molar refractivity (Wildman–Crippen MR) is 63.1 cm³/mol. The molecule has 0 aliphatic rings. The predicted octanol–water partition coefficient (Wildman–Crippen LogP) is 0.709. The molecule has 0 bridgehead atoms. The molecule has 0 spiro atoms. The van der Waals surface area contributed by atoms with E-state index in [-0.39, 0.29) is 6.04 Å². The van der Waals surface area contributed by atoms with E-state index in [9.17, 15) is 0 Å². The van der Waals surface area contributed by atoms with Crippen molar-refractivity contribution in [3.05, 3.63) is 0 Å². The van der Waals surface area contributed by atoms with Crippen LogP contribution in [0.5, 0.6) is 0 Å². The van der Waals surface area contributed by atoms with Crippen LogP contribution in [0.3, 0.4) is 0 Å². The molecule has 0 saturated carbocycles. The van der Waals surface area contributed by atoms with Gasteiger partial charge in [-0.15, -0.1) is 0 Å². The van der Waals surface area contributed by atoms with Crippen LogP contribution in [0.25, 0.3) is 0 Å². The van der Waals surface area contributed by atoms with Gasteiger partial charge in [-0.3, -0.25) is 0 Å². The molecule has 0 saturated heterocycles. The van der Waals surface area contributed by atoms with Crippen LogP contribution >= 0.6 is 0 Å². The zero-order valence-electron chi connectivity index (χ0n) is 10.4. The van der Waals surface area contributed by atoms with Crippen LogP contribution in [0.15, 0.2) is 0 Å². The van der Waals surface area contributed by atoms with Gasteiger partial charge in [0.25, 0.3) is 0 Å². The lowest BCUT2D eigenvalue weighted by Gasteiger charge is -2.20.